The Kier molecular flexibility index (Phi) is 7.91. The van der Waals surface area contributed by atoms with Crippen molar-refractivity contribution >= 4 is 41.6 Å². The van der Waals surface area contributed by atoms with E-state index in [0.717, 1.165) is 6.21 Å². The molecule has 0 saturated heterocycles. The Morgan fingerprint density at radius 1 is 1.33 bits per heavy atom. The summed E-state index contributed by atoms with van der Waals surface area (Å²) in [4.78, 5) is 36.7. The van der Waals surface area contributed by atoms with Crippen molar-refractivity contribution in [2.24, 2.45) is 9.98 Å². The Bertz CT molecular complexity index is 1260. The number of aromatic hydroxyl groups is 1. The second-order valence-corrected chi connectivity index (χ2v) is 7.29. The molecule has 1 aromatic carbocycles. The predicted octanol–water partition coefficient (Wildman–Crippen LogP) is 3.06. The van der Waals surface area contributed by atoms with Gasteiger partial charge in [0, 0.05) is 19.0 Å². The molecule has 0 aliphatic carbocycles. The molecule has 1 aliphatic heterocycles. The van der Waals surface area contributed by atoms with Gasteiger partial charge in [-0.1, -0.05) is 19.1 Å². The maximum absolute atomic E-state index is 12.8. The maximum Gasteiger partial charge on any atom is 0.343 e. The van der Waals surface area contributed by atoms with Crippen LogP contribution in [-0.2, 0) is 20.8 Å². The highest BCUT2D eigenvalue weighted by Crippen LogP contribution is 2.32. The molecule has 174 valence electrons. The van der Waals surface area contributed by atoms with Gasteiger partial charge in [-0.25, -0.2) is 14.8 Å². The number of aromatic amines is 1. The molecule has 0 amide bonds. The molecule has 3 N–H and O–H groups in total. The van der Waals surface area contributed by atoms with Crippen LogP contribution in [0.5, 0.6) is 5.88 Å². The van der Waals surface area contributed by atoms with Crippen molar-refractivity contribution in [1.82, 2.24) is 9.55 Å². The SMILES string of the molecule is CCOC(=O)C1=C(CC)Nc2ccccc2N=C1N=Cc1c(O)n(CCOC)c(=S)[nH]c1=O. The van der Waals surface area contributed by atoms with E-state index in [0.29, 0.717) is 23.5 Å². The van der Waals surface area contributed by atoms with Crippen molar-refractivity contribution < 1.29 is 19.4 Å². The number of H-pyrrole nitrogens is 1. The van der Waals surface area contributed by atoms with Crippen LogP contribution in [0.3, 0.4) is 0 Å². The number of benzene rings is 1. The van der Waals surface area contributed by atoms with Gasteiger partial charge in [0.15, 0.2) is 10.6 Å². The number of allylic oxidation sites excluding steroid dienone is 1. The molecule has 0 bridgehead atoms. The highest BCUT2D eigenvalue weighted by molar-refractivity contribution is 7.71. The van der Waals surface area contributed by atoms with Crippen LogP contribution in [0.2, 0.25) is 0 Å². The molecule has 10 nitrogen and oxygen atoms in total. The van der Waals surface area contributed by atoms with E-state index in [1.54, 1.807) is 13.0 Å². The van der Waals surface area contributed by atoms with Crippen molar-refractivity contribution in [3.8, 4) is 5.88 Å². The molecule has 3 rings (SSSR count). The number of amidine groups is 1. The van der Waals surface area contributed by atoms with Crippen molar-refractivity contribution in [3.05, 3.63) is 56.2 Å². The number of aromatic nitrogens is 2. The highest BCUT2D eigenvalue weighted by Gasteiger charge is 2.25. The van der Waals surface area contributed by atoms with Crippen molar-refractivity contribution in [2.75, 3.05) is 25.6 Å². The fourth-order valence-corrected chi connectivity index (χ4v) is 3.46. The predicted molar refractivity (Wildman–Crippen MR) is 128 cm³/mol. The standard InChI is InChI=1S/C22H25N5O5S/c1-4-14-17(21(30)32-5-2)18(25-16-9-7-6-8-15(16)24-14)23-12-13-19(28)26-22(33)27(20(13)29)10-11-31-3/h6-9,12,24,29H,4-5,10-11H2,1-3H3,(H,26,28,33). The van der Waals surface area contributed by atoms with Gasteiger partial charge in [0.2, 0.25) is 5.88 Å². The number of nitrogens with one attached hydrogen (secondary N) is 2. The number of hydrogen-bond acceptors (Lipinski definition) is 9. The van der Waals surface area contributed by atoms with Gasteiger partial charge in [0.05, 0.1) is 31.1 Å². The lowest BCUT2D eigenvalue weighted by Gasteiger charge is -2.13. The molecule has 2 aromatic rings. The fraction of sp³-hybridized carbons (Fsp3) is 0.318. The topological polar surface area (TPSA) is 130 Å². The third-order valence-electron chi connectivity index (χ3n) is 4.82. The first-order chi connectivity index (χ1) is 15.9. The summed E-state index contributed by atoms with van der Waals surface area (Å²) in [5.74, 6) is -0.915. The van der Waals surface area contributed by atoms with Crippen LogP contribution in [0.15, 0.2) is 50.3 Å². The summed E-state index contributed by atoms with van der Waals surface area (Å²) < 4.78 is 11.6. The summed E-state index contributed by atoms with van der Waals surface area (Å²) in [5, 5.41) is 13.9. The van der Waals surface area contributed by atoms with Gasteiger partial charge in [0.25, 0.3) is 5.56 Å². The van der Waals surface area contributed by atoms with E-state index in [9.17, 15) is 14.7 Å². The number of hydrogen-bond donors (Lipinski definition) is 3. The van der Waals surface area contributed by atoms with Crippen molar-refractivity contribution in [1.29, 1.82) is 0 Å². The number of nitrogens with zero attached hydrogens (tertiary/aromatic N) is 3. The molecule has 0 saturated carbocycles. The number of aliphatic imine (C=N–C) groups is 2. The zero-order valence-corrected chi connectivity index (χ0v) is 19.4. The molecule has 0 fully saturated rings. The van der Waals surface area contributed by atoms with Crippen LogP contribution in [0.1, 0.15) is 25.8 Å². The molecule has 2 heterocycles. The van der Waals surface area contributed by atoms with E-state index < -0.39 is 11.5 Å². The molecule has 1 aliphatic rings. The fourth-order valence-electron chi connectivity index (χ4n) is 3.19. The number of fused-ring (bicyclic) bond motifs is 1. The van der Waals surface area contributed by atoms with Gasteiger partial charge in [-0.2, -0.15) is 0 Å². The number of rotatable bonds is 7. The quantitative estimate of drug-likeness (QED) is 0.321. The summed E-state index contributed by atoms with van der Waals surface area (Å²) >= 11 is 5.13. The first-order valence-corrected chi connectivity index (χ1v) is 10.8. The van der Waals surface area contributed by atoms with E-state index in [-0.39, 0.29) is 47.4 Å². The average molecular weight is 472 g/mol. The number of para-hydroxylation sites is 2. The first-order valence-electron chi connectivity index (χ1n) is 10.4. The summed E-state index contributed by atoms with van der Waals surface area (Å²) in [6, 6.07) is 7.26. The number of ether oxygens (including phenoxy) is 2. The van der Waals surface area contributed by atoms with Gasteiger partial charge >= 0.3 is 5.97 Å². The molecule has 33 heavy (non-hydrogen) atoms. The van der Waals surface area contributed by atoms with Gasteiger partial charge in [-0.15, -0.1) is 0 Å². The Hall–Kier alpha value is -3.57. The second-order valence-electron chi connectivity index (χ2n) is 6.90. The van der Waals surface area contributed by atoms with Crippen molar-refractivity contribution in [2.45, 2.75) is 26.8 Å². The number of methoxy groups -OCH3 is 1. The van der Waals surface area contributed by atoms with Crippen LogP contribution in [0, 0.1) is 4.77 Å². The zero-order valence-electron chi connectivity index (χ0n) is 18.5. The largest absolute Gasteiger partial charge is 0.494 e. The monoisotopic (exact) mass is 471 g/mol. The van der Waals surface area contributed by atoms with Gasteiger partial charge in [-0.05, 0) is 37.7 Å². The summed E-state index contributed by atoms with van der Waals surface area (Å²) in [6.07, 6.45) is 1.63. The third kappa shape index (κ3) is 5.26. The molecular formula is C22H25N5O5S. The zero-order chi connectivity index (χ0) is 24.0. The average Bonchev–Trinajstić information content (AvgIpc) is 2.95. The Morgan fingerprint density at radius 2 is 2.09 bits per heavy atom. The minimum absolute atomic E-state index is 0.0486. The summed E-state index contributed by atoms with van der Waals surface area (Å²) in [6.45, 7) is 4.26. The Morgan fingerprint density at radius 3 is 2.79 bits per heavy atom. The minimum Gasteiger partial charge on any atom is -0.494 e. The van der Waals surface area contributed by atoms with Crippen LogP contribution >= 0.6 is 12.2 Å². The molecule has 0 unspecified atom stereocenters. The highest BCUT2D eigenvalue weighted by atomic mass is 32.1. The molecule has 0 spiro atoms. The van der Waals surface area contributed by atoms with E-state index in [1.165, 1.54) is 11.7 Å². The van der Waals surface area contributed by atoms with Gasteiger partial charge in [0.1, 0.15) is 11.1 Å². The first kappa shape index (κ1) is 24.1. The van der Waals surface area contributed by atoms with Gasteiger partial charge < -0.3 is 19.9 Å². The third-order valence-corrected chi connectivity index (χ3v) is 5.14. The van der Waals surface area contributed by atoms with E-state index in [4.69, 9.17) is 21.7 Å². The molecule has 0 radical (unpaired) electrons. The molecule has 1 aromatic heterocycles. The number of carbonyl (C=O) groups excluding carboxylic acids is 1. The van der Waals surface area contributed by atoms with Crippen LogP contribution in [-0.4, -0.2) is 53.0 Å². The smallest absolute Gasteiger partial charge is 0.343 e. The van der Waals surface area contributed by atoms with Crippen molar-refractivity contribution in [3.63, 3.8) is 0 Å². The Labute approximate surface area is 195 Å². The summed E-state index contributed by atoms with van der Waals surface area (Å²) in [7, 11) is 1.51. The molecular weight excluding hydrogens is 446 g/mol. The lowest BCUT2D eigenvalue weighted by molar-refractivity contribution is -0.137. The minimum atomic E-state index is -0.625. The van der Waals surface area contributed by atoms with E-state index in [1.807, 2.05) is 25.1 Å². The Balaban J connectivity index is 2.16. The van der Waals surface area contributed by atoms with E-state index >= 15 is 0 Å². The number of esters is 1. The lowest BCUT2D eigenvalue weighted by Crippen LogP contribution is -2.21. The number of carbonyl (C=O) groups is 1. The van der Waals surface area contributed by atoms with Crippen LogP contribution in [0.4, 0.5) is 11.4 Å². The molecule has 11 heteroatoms. The maximum atomic E-state index is 12.8. The second kappa shape index (κ2) is 10.8. The number of anilines is 1. The van der Waals surface area contributed by atoms with Crippen LogP contribution in [0.25, 0.3) is 0 Å². The summed E-state index contributed by atoms with van der Waals surface area (Å²) in [5.41, 5.74) is 1.23. The van der Waals surface area contributed by atoms with E-state index in [2.05, 4.69) is 20.3 Å². The molecule has 0 atom stereocenters. The lowest BCUT2D eigenvalue weighted by atomic mass is 10.1. The van der Waals surface area contributed by atoms with Gasteiger partial charge in [-0.3, -0.25) is 14.3 Å². The van der Waals surface area contributed by atoms with Crippen LogP contribution < -0.4 is 10.9 Å². The normalized spacial score (nSPS) is 13.4.